The number of nitrogens with two attached hydrogens (primary N) is 1. The van der Waals surface area contributed by atoms with Gasteiger partial charge in [0.2, 0.25) is 5.91 Å². The largest absolute Gasteiger partial charge is 0.496 e. The Bertz CT molecular complexity index is 519. The van der Waals surface area contributed by atoms with E-state index in [1.165, 1.54) is 0 Å². The lowest BCUT2D eigenvalue weighted by Crippen LogP contribution is -2.31. The monoisotopic (exact) mass is 262 g/mol. The zero-order valence-electron chi connectivity index (χ0n) is 12.1. The number of anilines is 1. The van der Waals surface area contributed by atoms with Gasteiger partial charge in [0.05, 0.1) is 12.5 Å². The Balaban J connectivity index is 2.31. The van der Waals surface area contributed by atoms with Gasteiger partial charge in [-0.15, -0.1) is 0 Å². The predicted octanol–water partition coefficient (Wildman–Crippen LogP) is 2.30. The van der Waals surface area contributed by atoms with Gasteiger partial charge in [0.1, 0.15) is 5.75 Å². The number of hydrogen-bond donors (Lipinski definition) is 2. The van der Waals surface area contributed by atoms with Crippen LogP contribution in [0.25, 0.3) is 0 Å². The van der Waals surface area contributed by atoms with Gasteiger partial charge >= 0.3 is 0 Å². The Morgan fingerprint density at radius 2 is 2.00 bits per heavy atom. The van der Waals surface area contributed by atoms with Crippen molar-refractivity contribution in [3.8, 4) is 5.75 Å². The second kappa shape index (κ2) is 4.85. The maximum atomic E-state index is 12.3. The number of benzene rings is 1. The topological polar surface area (TPSA) is 64.3 Å². The Kier molecular flexibility index (Phi) is 3.54. The normalized spacial score (nSPS) is 16.1. The lowest BCUT2D eigenvalue weighted by Gasteiger charge is -2.19. The number of nitrogens with one attached hydrogen (secondary N) is 1. The van der Waals surface area contributed by atoms with E-state index in [2.05, 4.69) is 5.32 Å². The zero-order chi connectivity index (χ0) is 14.2. The second-order valence-electron chi connectivity index (χ2n) is 5.46. The molecule has 1 fully saturated rings. The molecule has 0 saturated heterocycles. The van der Waals surface area contributed by atoms with Gasteiger partial charge in [-0.2, -0.15) is 0 Å². The van der Waals surface area contributed by atoms with Crippen LogP contribution in [0, 0.1) is 26.2 Å². The predicted molar refractivity (Wildman–Crippen MR) is 76.6 cm³/mol. The first-order valence-electron chi connectivity index (χ1n) is 6.61. The second-order valence-corrected chi connectivity index (χ2v) is 5.46. The van der Waals surface area contributed by atoms with E-state index in [0.717, 1.165) is 41.0 Å². The third kappa shape index (κ3) is 2.32. The molecule has 19 heavy (non-hydrogen) atoms. The van der Waals surface area contributed by atoms with Crippen LogP contribution in [-0.4, -0.2) is 19.6 Å². The summed E-state index contributed by atoms with van der Waals surface area (Å²) in [4.78, 5) is 12.3. The van der Waals surface area contributed by atoms with E-state index in [4.69, 9.17) is 10.5 Å². The van der Waals surface area contributed by atoms with Crippen molar-refractivity contribution in [1.29, 1.82) is 0 Å². The molecule has 1 aliphatic carbocycles. The van der Waals surface area contributed by atoms with Crippen LogP contribution in [0.4, 0.5) is 5.69 Å². The van der Waals surface area contributed by atoms with E-state index in [9.17, 15) is 4.79 Å². The maximum absolute atomic E-state index is 12.3. The molecule has 0 heterocycles. The van der Waals surface area contributed by atoms with Gasteiger partial charge in [-0.3, -0.25) is 4.79 Å². The number of aryl methyl sites for hydroxylation is 1. The molecule has 0 aliphatic heterocycles. The molecule has 1 aromatic rings. The van der Waals surface area contributed by atoms with E-state index in [1.807, 2.05) is 26.8 Å². The number of rotatable bonds is 4. The molecule has 3 N–H and O–H groups in total. The van der Waals surface area contributed by atoms with Crippen molar-refractivity contribution in [2.75, 3.05) is 19.0 Å². The van der Waals surface area contributed by atoms with Crippen molar-refractivity contribution in [3.05, 3.63) is 22.8 Å². The van der Waals surface area contributed by atoms with E-state index in [-0.39, 0.29) is 11.3 Å². The summed E-state index contributed by atoms with van der Waals surface area (Å²) < 4.78 is 5.33. The first-order valence-corrected chi connectivity index (χ1v) is 6.61. The van der Waals surface area contributed by atoms with Gasteiger partial charge in [-0.25, -0.2) is 0 Å². The molecule has 2 rings (SSSR count). The van der Waals surface area contributed by atoms with E-state index in [1.54, 1.807) is 7.11 Å². The summed E-state index contributed by atoms with van der Waals surface area (Å²) in [6.45, 7) is 6.40. The fourth-order valence-electron chi connectivity index (χ4n) is 2.37. The van der Waals surface area contributed by atoms with Gasteiger partial charge in [0, 0.05) is 12.2 Å². The lowest BCUT2D eigenvalue weighted by molar-refractivity contribution is -0.120. The molecular formula is C15H22N2O2. The number of ether oxygens (including phenoxy) is 1. The molecule has 0 aromatic heterocycles. The summed E-state index contributed by atoms with van der Waals surface area (Å²) in [5.74, 6) is 0.902. The summed E-state index contributed by atoms with van der Waals surface area (Å²) in [5.41, 5.74) is 9.38. The number of carbonyl (C=O) groups is 1. The van der Waals surface area contributed by atoms with Crippen molar-refractivity contribution < 1.29 is 9.53 Å². The number of hydrogen-bond acceptors (Lipinski definition) is 3. The lowest BCUT2D eigenvalue weighted by atomic mass is 10.0. The number of carbonyl (C=O) groups excluding carboxylic acids is 1. The summed E-state index contributed by atoms with van der Waals surface area (Å²) in [6.07, 6.45) is 1.78. The standard InChI is InChI=1S/C15H22N2O2/c1-9-7-12(19-4)10(2)11(3)13(9)17-14(18)15(8-16)5-6-15/h7H,5-6,8,16H2,1-4H3,(H,17,18). The highest BCUT2D eigenvalue weighted by Crippen LogP contribution is 2.46. The molecule has 4 nitrogen and oxygen atoms in total. The molecule has 0 bridgehead atoms. The van der Waals surface area contributed by atoms with Gasteiger partial charge < -0.3 is 15.8 Å². The van der Waals surface area contributed by atoms with Crippen LogP contribution in [0.3, 0.4) is 0 Å². The fourth-order valence-corrected chi connectivity index (χ4v) is 2.37. The third-order valence-corrected chi connectivity index (χ3v) is 4.23. The van der Waals surface area contributed by atoms with Crippen LogP contribution in [0.15, 0.2) is 6.07 Å². The first-order chi connectivity index (χ1) is 8.95. The quantitative estimate of drug-likeness (QED) is 0.875. The smallest absolute Gasteiger partial charge is 0.231 e. The van der Waals surface area contributed by atoms with Crippen molar-refractivity contribution >= 4 is 11.6 Å². The molecule has 0 atom stereocenters. The number of methoxy groups -OCH3 is 1. The Hall–Kier alpha value is -1.55. The van der Waals surface area contributed by atoms with E-state index in [0.29, 0.717) is 6.54 Å². The number of amides is 1. The molecule has 1 aliphatic rings. The zero-order valence-corrected chi connectivity index (χ0v) is 12.1. The van der Waals surface area contributed by atoms with Crippen LogP contribution in [0.1, 0.15) is 29.5 Å². The maximum Gasteiger partial charge on any atom is 0.231 e. The minimum Gasteiger partial charge on any atom is -0.496 e. The molecule has 0 spiro atoms. The van der Waals surface area contributed by atoms with Crippen molar-refractivity contribution in [3.63, 3.8) is 0 Å². The van der Waals surface area contributed by atoms with Crippen molar-refractivity contribution in [1.82, 2.24) is 0 Å². The van der Waals surface area contributed by atoms with Gasteiger partial charge in [-0.05, 0) is 56.4 Å². The minimum atomic E-state index is -0.327. The summed E-state index contributed by atoms with van der Waals surface area (Å²) in [7, 11) is 1.66. The highest BCUT2D eigenvalue weighted by molar-refractivity contribution is 5.98. The Labute approximate surface area is 114 Å². The molecule has 0 radical (unpaired) electrons. The van der Waals surface area contributed by atoms with Crippen LogP contribution < -0.4 is 15.8 Å². The van der Waals surface area contributed by atoms with Crippen LogP contribution in [-0.2, 0) is 4.79 Å². The SMILES string of the molecule is COc1cc(C)c(NC(=O)C2(CN)CC2)c(C)c1C. The van der Waals surface area contributed by atoms with Crippen LogP contribution >= 0.6 is 0 Å². The van der Waals surface area contributed by atoms with Gasteiger partial charge in [0.15, 0.2) is 0 Å². The van der Waals surface area contributed by atoms with Gasteiger partial charge in [0.25, 0.3) is 0 Å². The first kappa shape index (κ1) is 13.9. The van der Waals surface area contributed by atoms with Crippen molar-refractivity contribution in [2.45, 2.75) is 33.6 Å². The summed E-state index contributed by atoms with van der Waals surface area (Å²) in [5, 5.41) is 3.05. The average molecular weight is 262 g/mol. The van der Waals surface area contributed by atoms with Gasteiger partial charge in [-0.1, -0.05) is 0 Å². The molecule has 0 unspecified atom stereocenters. The summed E-state index contributed by atoms with van der Waals surface area (Å²) in [6, 6.07) is 1.96. The van der Waals surface area contributed by atoms with E-state index >= 15 is 0 Å². The minimum absolute atomic E-state index is 0.0470. The average Bonchev–Trinajstić information content (AvgIpc) is 3.19. The fraction of sp³-hybridized carbons (Fsp3) is 0.533. The molecule has 4 heteroatoms. The third-order valence-electron chi connectivity index (χ3n) is 4.23. The van der Waals surface area contributed by atoms with E-state index < -0.39 is 0 Å². The molecule has 104 valence electrons. The Morgan fingerprint density at radius 1 is 1.37 bits per heavy atom. The Morgan fingerprint density at radius 3 is 2.47 bits per heavy atom. The van der Waals surface area contributed by atoms with Crippen LogP contribution in [0.2, 0.25) is 0 Å². The highest BCUT2D eigenvalue weighted by Gasteiger charge is 2.48. The van der Waals surface area contributed by atoms with Crippen molar-refractivity contribution in [2.24, 2.45) is 11.1 Å². The molecule has 1 saturated carbocycles. The highest BCUT2D eigenvalue weighted by atomic mass is 16.5. The summed E-state index contributed by atoms with van der Waals surface area (Å²) >= 11 is 0. The molecule has 1 amide bonds. The van der Waals surface area contributed by atoms with Crippen LogP contribution in [0.5, 0.6) is 5.75 Å². The molecule has 1 aromatic carbocycles. The molecular weight excluding hydrogens is 240 g/mol.